The fourth-order valence-corrected chi connectivity index (χ4v) is 5.29. The predicted octanol–water partition coefficient (Wildman–Crippen LogP) is 4.23. The summed E-state index contributed by atoms with van der Waals surface area (Å²) in [6.45, 7) is 4.48. The average molecular weight is 420 g/mol. The highest BCUT2D eigenvalue weighted by Gasteiger charge is 2.32. The molecule has 0 aromatic heterocycles. The van der Waals surface area contributed by atoms with Crippen molar-refractivity contribution in [3.05, 3.63) is 71.8 Å². The zero-order valence-corrected chi connectivity index (χ0v) is 19.1. The van der Waals surface area contributed by atoms with Gasteiger partial charge in [0.15, 0.2) is 0 Å². The van der Waals surface area contributed by atoms with Gasteiger partial charge in [-0.1, -0.05) is 67.1 Å². The molecule has 0 N–H and O–H groups in total. The van der Waals surface area contributed by atoms with E-state index in [0.29, 0.717) is 18.5 Å². The second-order valence-electron chi connectivity index (χ2n) is 9.42. The maximum Gasteiger partial charge on any atom is 0.223 e. The van der Waals surface area contributed by atoms with E-state index < -0.39 is 0 Å². The van der Waals surface area contributed by atoms with E-state index in [9.17, 15) is 4.79 Å². The first-order valence-corrected chi connectivity index (χ1v) is 11.9. The van der Waals surface area contributed by atoms with Crippen LogP contribution in [-0.2, 0) is 4.79 Å². The minimum Gasteiger partial charge on any atom is -0.341 e. The summed E-state index contributed by atoms with van der Waals surface area (Å²) < 4.78 is 0. The van der Waals surface area contributed by atoms with Crippen molar-refractivity contribution < 1.29 is 4.79 Å². The van der Waals surface area contributed by atoms with Crippen molar-refractivity contribution in [1.29, 1.82) is 0 Å². The molecule has 2 fully saturated rings. The molecule has 0 spiro atoms. The van der Waals surface area contributed by atoms with Gasteiger partial charge in [-0.3, -0.25) is 9.69 Å². The van der Waals surface area contributed by atoms with Crippen LogP contribution in [0.1, 0.15) is 49.1 Å². The van der Waals surface area contributed by atoms with E-state index in [2.05, 4.69) is 65.4 Å². The third-order valence-electron chi connectivity index (χ3n) is 7.36. The van der Waals surface area contributed by atoms with Crippen LogP contribution < -0.4 is 0 Å². The maximum atomic E-state index is 13.3. The first kappa shape index (κ1) is 22.0. The number of hydrogen-bond donors (Lipinski definition) is 0. The largest absolute Gasteiger partial charge is 0.341 e. The van der Waals surface area contributed by atoms with E-state index in [0.717, 1.165) is 26.1 Å². The third-order valence-corrected chi connectivity index (χ3v) is 7.36. The zero-order valence-electron chi connectivity index (χ0n) is 19.1. The van der Waals surface area contributed by atoms with Crippen LogP contribution in [0.4, 0.5) is 0 Å². The molecule has 2 aliphatic rings. The summed E-state index contributed by atoms with van der Waals surface area (Å²) >= 11 is 0. The number of likely N-dealkylation sites (N-methyl/N-ethyl adjacent to an activating group) is 2. The van der Waals surface area contributed by atoms with Gasteiger partial charge in [-0.05, 0) is 44.0 Å². The van der Waals surface area contributed by atoms with Gasteiger partial charge >= 0.3 is 0 Å². The lowest BCUT2D eigenvalue weighted by Gasteiger charge is -2.35. The molecule has 2 atom stereocenters. The number of carbonyl (C=O) groups excluding carboxylic acids is 1. The van der Waals surface area contributed by atoms with Crippen LogP contribution >= 0.6 is 0 Å². The van der Waals surface area contributed by atoms with Gasteiger partial charge in [0, 0.05) is 51.1 Å². The minimum absolute atomic E-state index is 0.103. The van der Waals surface area contributed by atoms with Gasteiger partial charge in [-0.2, -0.15) is 0 Å². The molecule has 2 unspecified atom stereocenters. The van der Waals surface area contributed by atoms with Crippen LogP contribution in [-0.4, -0.2) is 73.0 Å². The second-order valence-corrected chi connectivity index (χ2v) is 9.42. The van der Waals surface area contributed by atoms with Crippen molar-refractivity contribution in [3.63, 3.8) is 0 Å². The quantitative estimate of drug-likeness (QED) is 0.672. The van der Waals surface area contributed by atoms with E-state index in [1.165, 1.54) is 36.9 Å². The van der Waals surface area contributed by atoms with Crippen LogP contribution in [0, 0.1) is 0 Å². The molecule has 2 aromatic rings. The molecule has 4 nitrogen and oxygen atoms in total. The van der Waals surface area contributed by atoms with Crippen LogP contribution in [0.5, 0.6) is 0 Å². The monoisotopic (exact) mass is 419 g/mol. The molecule has 2 aromatic carbocycles. The Hall–Kier alpha value is -2.17. The maximum absolute atomic E-state index is 13.3. The highest BCUT2D eigenvalue weighted by molar-refractivity contribution is 5.78. The van der Waals surface area contributed by atoms with Crippen molar-refractivity contribution in [2.45, 2.75) is 50.1 Å². The average Bonchev–Trinajstić information content (AvgIpc) is 3.28. The van der Waals surface area contributed by atoms with E-state index in [1.54, 1.807) is 0 Å². The number of piperidine rings is 1. The number of nitrogens with zero attached hydrogens (tertiary/aromatic N) is 3. The highest BCUT2D eigenvalue weighted by Crippen LogP contribution is 2.29. The molecule has 4 rings (SSSR count). The summed E-state index contributed by atoms with van der Waals surface area (Å²) in [5.74, 6) is 0.352. The summed E-state index contributed by atoms with van der Waals surface area (Å²) in [5, 5.41) is 0. The fourth-order valence-electron chi connectivity index (χ4n) is 5.29. The van der Waals surface area contributed by atoms with E-state index in [4.69, 9.17) is 0 Å². The van der Waals surface area contributed by atoms with Crippen molar-refractivity contribution >= 4 is 5.91 Å². The Bertz CT molecular complexity index is 785. The lowest BCUT2D eigenvalue weighted by atomic mass is 9.88. The van der Waals surface area contributed by atoms with Crippen molar-refractivity contribution in [2.24, 2.45) is 0 Å². The lowest BCUT2D eigenvalue weighted by Crippen LogP contribution is -2.45. The van der Waals surface area contributed by atoms with Crippen LogP contribution in [0.3, 0.4) is 0 Å². The number of rotatable bonds is 7. The molecule has 0 radical (unpaired) electrons. The fraction of sp³-hybridized carbons (Fsp3) is 0.519. The number of amides is 1. The Labute approximate surface area is 187 Å². The van der Waals surface area contributed by atoms with Gasteiger partial charge in [0.1, 0.15) is 0 Å². The molecule has 2 aliphatic heterocycles. The molecular formula is C27H37N3O. The molecule has 2 saturated heterocycles. The van der Waals surface area contributed by atoms with E-state index in [1.807, 2.05) is 24.1 Å². The van der Waals surface area contributed by atoms with Crippen molar-refractivity contribution in [2.75, 3.05) is 40.3 Å². The summed E-state index contributed by atoms with van der Waals surface area (Å²) in [7, 11) is 4.27. The topological polar surface area (TPSA) is 26.8 Å². The third kappa shape index (κ3) is 5.55. The molecule has 0 aliphatic carbocycles. The van der Waals surface area contributed by atoms with Gasteiger partial charge in [0.25, 0.3) is 0 Å². The summed E-state index contributed by atoms with van der Waals surface area (Å²) in [4.78, 5) is 20.5. The van der Waals surface area contributed by atoms with E-state index in [-0.39, 0.29) is 11.8 Å². The summed E-state index contributed by atoms with van der Waals surface area (Å²) in [6.07, 6.45) is 5.59. The Morgan fingerprint density at radius 1 is 0.968 bits per heavy atom. The number of carbonyl (C=O) groups is 1. The Morgan fingerprint density at radius 3 is 2.23 bits per heavy atom. The molecule has 4 heteroatoms. The lowest BCUT2D eigenvalue weighted by molar-refractivity contribution is -0.132. The predicted molar refractivity (Wildman–Crippen MR) is 127 cm³/mol. The first-order chi connectivity index (χ1) is 15.1. The van der Waals surface area contributed by atoms with Gasteiger partial charge in [0.05, 0.1) is 0 Å². The van der Waals surface area contributed by atoms with Crippen LogP contribution in [0.15, 0.2) is 60.7 Å². The van der Waals surface area contributed by atoms with Crippen molar-refractivity contribution in [1.82, 2.24) is 14.7 Å². The summed E-state index contributed by atoms with van der Waals surface area (Å²) in [6, 6.07) is 21.9. The molecule has 1 amide bonds. The van der Waals surface area contributed by atoms with Gasteiger partial charge in [-0.25, -0.2) is 0 Å². The minimum atomic E-state index is 0.103. The SMILES string of the molecule is CN1CCCCC1CN1CCC(N(C)C(=O)CC(c2ccccc2)c2ccccc2)C1. The number of benzene rings is 2. The van der Waals surface area contributed by atoms with Crippen LogP contribution in [0.25, 0.3) is 0 Å². The van der Waals surface area contributed by atoms with Gasteiger partial charge in [-0.15, -0.1) is 0 Å². The molecular weight excluding hydrogens is 382 g/mol. The second kappa shape index (κ2) is 10.4. The molecule has 0 saturated carbocycles. The van der Waals surface area contributed by atoms with Crippen molar-refractivity contribution in [3.8, 4) is 0 Å². The molecule has 2 heterocycles. The molecule has 0 bridgehead atoms. The first-order valence-electron chi connectivity index (χ1n) is 11.9. The van der Waals surface area contributed by atoms with E-state index >= 15 is 0 Å². The molecule has 31 heavy (non-hydrogen) atoms. The Morgan fingerprint density at radius 2 is 1.61 bits per heavy atom. The zero-order chi connectivity index (χ0) is 21.6. The smallest absolute Gasteiger partial charge is 0.223 e. The highest BCUT2D eigenvalue weighted by atomic mass is 16.2. The Kier molecular flexibility index (Phi) is 7.41. The van der Waals surface area contributed by atoms with Gasteiger partial charge in [0.2, 0.25) is 5.91 Å². The van der Waals surface area contributed by atoms with Gasteiger partial charge < -0.3 is 9.80 Å². The Balaban J connectivity index is 1.38. The number of hydrogen-bond acceptors (Lipinski definition) is 3. The number of likely N-dealkylation sites (tertiary alicyclic amines) is 2. The van der Waals surface area contributed by atoms with Crippen LogP contribution in [0.2, 0.25) is 0 Å². The standard InChI is InChI=1S/C27H37N3O/c1-28-17-10-9-15-24(28)20-30-18-16-25(21-30)29(2)27(31)19-26(22-11-5-3-6-12-22)23-13-7-4-8-14-23/h3-8,11-14,24-26H,9-10,15-21H2,1-2H3. The molecule has 166 valence electrons. The summed E-state index contributed by atoms with van der Waals surface area (Å²) in [5.41, 5.74) is 2.42. The normalized spacial score (nSPS) is 22.7.